The van der Waals surface area contributed by atoms with Crippen molar-refractivity contribution in [2.45, 2.75) is 46.7 Å². The summed E-state index contributed by atoms with van der Waals surface area (Å²) in [6.07, 6.45) is 9.05. The van der Waals surface area contributed by atoms with Crippen molar-refractivity contribution in [1.29, 1.82) is 5.26 Å². The summed E-state index contributed by atoms with van der Waals surface area (Å²) in [5.74, 6) is 0.818. The fraction of sp³-hybridized carbons (Fsp3) is 0.440. The predicted octanol–water partition coefficient (Wildman–Crippen LogP) is 4.73. The van der Waals surface area contributed by atoms with E-state index in [-0.39, 0.29) is 18.6 Å². The van der Waals surface area contributed by atoms with Crippen LogP contribution in [-0.4, -0.2) is 48.6 Å². The Balaban J connectivity index is 0.00000249. The van der Waals surface area contributed by atoms with Gasteiger partial charge in [-0.2, -0.15) is 5.26 Å². The molecular weight excluding hydrogens is 422 g/mol. The lowest BCUT2D eigenvalue weighted by atomic mass is 10.1. The Labute approximate surface area is 198 Å². The van der Waals surface area contributed by atoms with Crippen molar-refractivity contribution >= 4 is 23.6 Å². The number of nitrogens with zero attached hydrogens (tertiary/aromatic N) is 3. The molecule has 1 unspecified atom stereocenters. The van der Waals surface area contributed by atoms with Crippen molar-refractivity contribution in [2.75, 3.05) is 26.7 Å². The second kappa shape index (κ2) is 15.1. The molecule has 1 aromatic rings. The first-order valence-electron chi connectivity index (χ1n) is 11.3. The van der Waals surface area contributed by atoms with Gasteiger partial charge in [0.2, 0.25) is 5.91 Å². The second-order valence-corrected chi connectivity index (χ2v) is 7.44. The second-order valence-electron chi connectivity index (χ2n) is 7.01. The van der Waals surface area contributed by atoms with E-state index in [0.29, 0.717) is 10.6 Å². The highest BCUT2D eigenvalue weighted by Gasteiger charge is 2.21. The highest BCUT2D eigenvalue weighted by Crippen LogP contribution is 2.19. The quantitative estimate of drug-likeness (QED) is 0.531. The monoisotopic (exact) mass is 457 g/mol. The van der Waals surface area contributed by atoms with Gasteiger partial charge in [0.1, 0.15) is 12.0 Å². The summed E-state index contributed by atoms with van der Waals surface area (Å²) >= 11 is 6.02. The number of carbonyl (C=O) groups excluding carboxylic acids is 1. The number of amides is 1. The van der Waals surface area contributed by atoms with Crippen molar-refractivity contribution in [1.82, 2.24) is 20.4 Å². The van der Waals surface area contributed by atoms with Crippen molar-refractivity contribution < 1.29 is 4.79 Å². The normalized spacial score (nSPS) is 15.3. The van der Waals surface area contributed by atoms with Crippen LogP contribution in [0.4, 0.5) is 0 Å². The average molecular weight is 458 g/mol. The van der Waals surface area contributed by atoms with Gasteiger partial charge in [0.15, 0.2) is 0 Å². The highest BCUT2D eigenvalue weighted by molar-refractivity contribution is 6.30. The van der Waals surface area contributed by atoms with Crippen LogP contribution in [0.1, 0.15) is 46.1 Å². The Kier molecular flexibility index (Phi) is 12.9. The molecule has 1 aliphatic heterocycles. The summed E-state index contributed by atoms with van der Waals surface area (Å²) in [7, 11) is 1.83. The van der Waals surface area contributed by atoms with Crippen LogP contribution in [0, 0.1) is 11.3 Å². The molecule has 1 aromatic carbocycles. The molecule has 32 heavy (non-hydrogen) atoms. The van der Waals surface area contributed by atoms with Crippen LogP contribution < -0.4 is 10.6 Å². The summed E-state index contributed by atoms with van der Waals surface area (Å²) < 4.78 is 0. The molecule has 2 N–H and O–H groups in total. The van der Waals surface area contributed by atoms with Gasteiger partial charge in [-0.1, -0.05) is 51.4 Å². The van der Waals surface area contributed by atoms with Crippen molar-refractivity contribution in [3.05, 3.63) is 64.6 Å². The Bertz CT molecular complexity index is 833. The molecule has 0 aliphatic carbocycles. The van der Waals surface area contributed by atoms with Crippen LogP contribution in [0.25, 0.3) is 6.08 Å². The van der Waals surface area contributed by atoms with Gasteiger partial charge in [-0.05, 0) is 55.8 Å². The van der Waals surface area contributed by atoms with Gasteiger partial charge in [0, 0.05) is 24.3 Å². The van der Waals surface area contributed by atoms with Crippen LogP contribution in [-0.2, 0) is 4.79 Å². The van der Waals surface area contributed by atoms with Crippen LogP contribution in [0.15, 0.2) is 54.0 Å². The molecule has 0 saturated heterocycles. The number of nitriles is 1. The fourth-order valence-corrected chi connectivity index (χ4v) is 3.33. The minimum Gasteiger partial charge on any atom is -0.362 e. The first kappa shape index (κ1) is 27.3. The van der Waals surface area contributed by atoms with Gasteiger partial charge in [0.05, 0.1) is 18.2 Å². The molecule has 1 heterocycles. The van der Waals surface area contributed by atoms with E-state index in [0.717, 1.165) is 37.3 Å². The van der Waals surface area contributed by atoms with Gasteiger partial charge in [-0.25, -0.2) is 0 Å². The van der Waals surface area contributed by atoms with Gasteiger partial charge in [-0.15, -0.1) is 0 Å². The zero-order chi connectivity index (χ0) is 23.9. The summed E-state index contributed by atoms with van der Waals surface area (Å²) in [6, 6.07) is 9.67. The number of benzene rings is 1. The van der Waals surface area contributed by atoms with E-state index in [1.165, 1.54) is 0 Å². The predicted molar refractivity (Wildman–Crippen MR) is 133 cm³/mol. The molecule has 0 radical (unpaired) electrons. The SMILES string of the molecule is CC.CCCN(CCC)C(=O)CN/C(=C\c1ccc(Cl)cc1)N1C=CC(C#N)=CC1NC. The molecule has 0 saturated carbocycles. The average Bonchev–Trinajstić information content (AvgIpc) is 2.83. The van der Waals surface area contributed by atoms with Gasteiger partial charge >= 0.3 is 0 Å². The lowest BCUT2D eigenvalue weighted by molar-refractivity contribution is -0.130. The smallest absolute Gasteiger partial charge is 0.241 e. The van der Waals surface area contributed by atoms with E-state index >= 15 is 0 Å². The molecule has 1 aliphatic rings. The van der Waals surface area contributed by atoms with E-state index in [1.54, 1.807) is 6.08 Å². The largest absolute Gasteiger partial charge is 0.362 e. The Morgan fingerprint density at radius 2 is 1.84 bits per heavy atom. The Morgan fingerprint density at radius 1 is 1.22 bits per heavy atom. The first-order valence-corrected chi connectivity index (χ1v) is 11.6. The number of carbonyl (C=O) groups is 1. The van der Waals surface area contributed by atoms with E-state index < -0.39 is 0 Å². The van der Waals surface area contributed by atoms with E-state index in [1.807, 2.05) is 73.3 Å². The molecule has 1 amide bonds. The summed E-state index contributed by atoms with van der Waals surface area (Å²) in [5, 5.41) is 16.4. The molecule has 0 bridgehead atoms. The number of allylic oxidation sites excluding steroid dienone is 2. The van der Waals surface area contributed by atoms with Gasteiger partial charge < -0.3 is 15.1 Å². The molecule has 0 spiro atoms. The third-order valence-electron chi connectivity index (χ3n) is 4.69. The topological polar surface area (TPSA) is 71.4 Å². The third kappa shape index (κ3) is 8.41. The number of hydrogen-bond donors (Lipinski definition) is 2. The van der Waals surface area contributed by atoms with E-state index in [2.05, 4.69) is 30.6 Å². The molecule has 174 valence electrons. The number of halogens is 1. The zero-order valence-corrected chi connectivity index (χ0v) is 20.6. The Hall–Kier alpha value is -2.75. The molecule has 1 atom stereocenters. The number of rotatable bonds is 10. The minimum absolute atomic E-state index is 0.0657. The van der Waals surface area contributed by atoms with Crippen molar-refractivity contribution in [2.24, 2.45) is 0 Å². The van der Waals surface area contributed by atoms with Gasteiger partial charge in [0.25, 0.3) is 0 Å². The number of likely N-dealkylation sites (N-methyl/N-ethyl adjacent to an activating group) is 1. The maximum atomic E-state index is 12.8. The lowest BCUT2D eigenvalue weighted by Crippen LogP contribution is -2.46. The summed E-state index contributed by atoms with van der Waals surface area (Å²) in [5.41, 5.74) is 1.54. The molecule has 0 aromatic heterocycles. The molecule has 2 rings (SSSR count). The van der Waals surface area contributed by atoms with E-state index in [4.69, 9.17) is 11.6 Å². The summed E-state index contributed by atoms with van der Waals surface area (Å²) in [6.45, 7) is 9.84. The third-order valence-corrected chi connectivity index (χ3v) is 4.94. The lowest BCUT2D eigenvalue weighted by Gasteiger charge is -2.33. The maximum absolute atomic E-state index is 12.8. The van der Waals surface area contributed by atoms with Crippen LogP contribution in [0.3, 0.4) is 0 Å². The number of hydrogen-bond acceptors (Lipinski definition) is 5. The van der Waals surface area contributed by atoms with Crippen molar-refractivity contribution in [3.63, 3.8) is 0 Å². The molecule has 6 nitrogen and oxygen atoms in total. The summed E-state index contributed by atoms with van der Waals surface area (Å²) in [4.78, 5) is 16.6. The molecular formula is C25H36ClN5O. The molecule has 7 heteroatoms. The maximum Gasteiger partial charge on any atom is 0.241 e. The standard InChI is InChI=1S/C23H30ClN5O.C2H6/c1-4-11-28(12-5-2)23(30)17-27-22(14-18-6-8-20(24)9-7-18)29-13-10-19(16-25)15-21(29)26-3;1-2/h6-10,13-15,21,26-27H,4-5,11-12,17H2,1-3H3;1-2H3/b22-14+;. The van der Waals surface area contributed by atoms with Gasteiger partial charge in [-0.3, -0.25) is 10.1 Å². The van der Waals surface area contributed by atoms with Crippen molar-refractivity contribution in [3.8, 4) is 6.07 Å². The molecule has 0 fully saturated rings. The minimum atomic E-state index is -0.215. The van der Waals surface area contributed by atoms with Crippen LogP contribution in [0.2, 0.25) is 5.02 Å². The van der Waals surface area contributed by atoms with E-state index in [9.17, 15) is 10.1 Å². The first-order chi connectivity index (χ1) is 15.5. The number of nitrogens with one attached hydrogen (secondary N) is 2. The van der Waals surface area contributed by atoms with Crippen LogP contribution >= 0.6 is 11.6 Å². The fourth-order valence-electron chi connectivity index (χ4n) is 3.20. The Morgan fingerprint density at radius 3 is 2.38 bits per heavy atom. The van der Waals surface area contributed by atoms with Crippen LogP contribution in [0.5, 0.6) is 0 Å². The highest BCUT2D eigenvalue weighted by atomic mass is 35.5. The zero-order valence-electron chi connectivity index (χ0n) is 19.9.